The number of anilines is 1. The van der Waals surface area contributed by atoms with E-state index in [4.69, 9.17) is 9.72 Å². The van der Waals surface area contributed by atoms with Gasteiger partial charge in [-0.3, -0.25) is 14.9 Å². The van der Waals surface area contributed by atoms with E-state index in [1.807, 2.05) is 19.3 Å². The number of ether oxygens (including phenoxy) is 1. The summed E-state index contributed by atoms with van der Waals surface area (Å²) in [7, 11) is 4.11. The van der Waals surface area contributed by atoms with Crippen molar-refractivity contribution in [3.8, 4) is 0 Å². The molecular weight excluding hydrogens is 300 g/mol. The first-order valence-corrected chi connectivity index (χ1v) is 8.42. The number of aryl methyl sites for hydroxylation is 2. The molecule has 1 atom stereocenters. The number of morpholine rings is 1. The summed E-state index contributed by atoms with van der Waals surface area (Å²) in [6.07, 6.45) is 3.84. The van der Waals surface area contributed by atoms with Crippen LogP contribution in [0.5, 0.6) is 0 Å². The highest BCUT2D eigenvalue weighted by Gasteiger charge is 2.24. The number of pyridine rings is 2. The van der Waals surface area contributed by atoms with Crippen molar-refractivity contribution >= 4 is 5.69 Å². The molecule has 128 valence electrons. The number of aromatic nitrogens is 2. The molecule has 1 aliphatic rings. The normalized spacial score (nSPS) is 18.6. The molecule has 0 amide bonds. The lowest BCUT2D eigenvalue weighted by Gasteiger charge is -2.33. The Bertz CT molecular complexity index is 702. The zero-order chi connectivity index (χ0) is 17.1. The molecule has 2 aromatic rings. The van der Waals surface area contributed by atoms with Gasteiger partial charge in [0.2, 0.25) is 0 Å². The molecule has 3 rings (SSSR count). The summed E-state index contributed by atoms with van der Waals surface area (Å²) < 4.78 is 6.01. The van der Waals surface area contributed by atoms with Crippen molar-refractivity contribution in [3.63, 3.8) is 0 Å². The highest BCUT2D eigenvalue weighted by molar-refractivity contribution is 5.47. The molecule has 0 aliphatic carbocycles. The standard InChI is InChI=1S/C19H26N4O/c1-14-5-6-20-11-16(14)12-23-7-8-24-19(13-23)18-10-17(22(3)4)9-15(2)21-18/h5-6,9-11,19H,7-8,12-13H2,1-4H3/t19-/m1/s1. The molecule has 2 aromatic heterocycles. The quantitative estimate of drug-likeness (QED) is 0.864. The molecule has 24 heavy (non-hydrogen) atoms. The van der Waals surface area contributed by atoms with Crippen LogP contribution in [0.4, 0.5) is 5.69 Å². The van der Waals surface area contributed by atoms with Crippen molar-refractivity contribution in [2.45, 2.75) is 26.5 Å². The maximum Gasteiger partial charge on any atom is 0.112 e. The Morgan fingerprint density at radius 3 is 2.88 bits per heavy atom. The van der Waals surface area contributed by atoms with Gasteiger partial charge in [0.15, 0.2) is 0 Å². The molecule has 0 N–H and O–H groups in total. The minimum absolute atomic E-state index is 0.0225. The summed E-state index contributed by atoms with van der Waals surface area (Å²) >= 11 is 0. The molecule has 0 saturated carbocycles. The monoisotopic (exact) mass is 326 g/mol. The molecule has 1 fully saturated rings. The fourth-order valence-corrected chi connectivity index (χ4v) is 3.03. The summed E-state index contributed by atoms with van der Waals surface area (Å²) in [6.45, 7) is 7.62. The lowest BCUT2D eigenvalue weighted by Crippen LogP contribution is -2.38. The van der Waals surface area contributed by atoms with Gasteiger partial charge in [-0.15, -0.1) is 0 Å². The van der Waals surface area contributed by atoms with E-state index in [-0.39, 0.29) is 6.10 Å². The molecule has 1 aliphatic heterocycles. The predicted molar refractivity (Wildman–Crippen MR) is 96.2 cm³/mol. The molecule has 1 saturated heterocycles. The van der Waals surface area contributed by atoms with E-state index in [9.17, 15) is 0 Å². The molecule has 0 bridgehead atoms. The predicted octanol–water partition coefficient (Wildman–Crippen LogP) is 2.73. The van der Waals surface area contributed by atoms with Crippen LogP contribution in [0.2, 0.25) is 0 Å². The van der Waals surface area contributed by atoms with Gasteiger partial charge in [0.05, 0.1) is 12.3 Å². The second-order valence-electron chi connectivity index (χ2n) is 6.68. The van der Waals surface area contributed by atoms with E-state index in [0.717, 1.165) is 37.6 Å². The highest BCUT2D eigenvalue weighted by atomic mass is 16.5. The van der Waals surface area contributed by atoms with Crippen LogP contribution in [0.3, 0.4) is 0 Å². The van der Waals surface area contributed by atoms with Crippen LogP contribution in [-0.2, 0) is 11.3 Å². The van der Waals surface area contributed by atoms with Gasteiger partial charge < -0.3 is 9.64 Å². The van der Waals surface area contributed by atoms with E-state index in [1.54, 1.807) is 0 Å². The third-order valence-electron chi connectivity index (χ3n) is 4.50. The molecule has 0 unspecified atom stereocenters. The Morgan fingerprint density at radius 1 is 1.29 bits per heavy atom. The van der Waals surface area contributed by atoms with Crippen LogP contribution in [-0.4, -0.2) is 48.7 Å². The van der Waals surface area contributed by atoms with Gasteiger partial charge in [-0.2, -0.15) is 0 Å². The fourth-order valence-electron chi connectivity index (χ4n) is 3.03. The number of nitrogens with zero attached hydrogens (tertiary/aromatic N) is 4. The van der Waals surface area contributed by atoms with Crippen LogP contribution < -0.4 is 4.90 Å². The van der Waals surface area contributed by atoms with E-state index in [2.05, 4.69) is 54.0 Å². The average molecular weight is 326 g/mol. The lowest BCUT2D eigenvalue weighted by atomic mass is 10.1. The fraction of sp³-hybridized carbons (Fsp3) is 0.474. The van der Waals surface area contributed by atoms with Crippen molar-refractivity contribution in [2.75, 3.05) is 38.7 Å². The summed E-state index contributed by atoms with van der Waals surface area (Å²) in [6, 6.07) is 6.30. The second kappa shape index (κ2) is 7.28. The summed E-state index contributed by atoms with van der Waals surface area (Å²) in [5.74, 6) is 0. The van der Waals surface area contributed by atoms with E-state index in [1.165, 1.54) is 16.8 Å². The van der Waals surface area contributed by atoms with Crippen LogP contribution >= 0.6 is 0 Å². The topological polar surface area (TPSA) is 41.5 Å². The number of hydrogen-bond donors (Lipinski definition) is 0. The Hall–Kier alpha value is -1.98. The first kappa shape index (κ1) is 16.9. The maximum atomic E-state index is 6.01. The van der Waals surface area contributed by atoms with Gasteiger partial charge in [-0.25, -0.2) is 0 Å². The van der Waals surface area contributed by atoms with Crippen LogP contribution in [0.25, 0.3) is 0 Å². The Kier molecular flexibility index (Phi) is 5.11. The summed E-state index contributed by atoms with van der Waals surface area (Å²) in [4.78, 5) is 13.5. The van der Waals surface area contributed by atoms with Crippen molar-refractivity contribution < 1.29 is 4.74 Å². The van der Waals surface area contributed by atoms with Crippen molar-refractivity contribution in [2.24, 2.45) is 0 Å². The lowest BCUT2D eigenvalue weighted by molar-refractivity contribution is -0.0351. The van der Waals surface area contributed by atoms with Crippen molar-refractivity contribution in [3.05, 3.63) is 53.1 Å². The Labute approximate surface area is 144 Å². The SMILES string of the molecule is Cc1cc(N(C)C)cc([C@H]2CN(Cc3cnccc3C)CCO2)n1. The van der Waals surface area contributed by atoms with Gasteiger partial charge in [0.25, 0.3) is 0 Å². The Balaban J connectivity index is 1.75. The average Bonchev–Trinajstić information content (AvgIpc) is 2.57. The minimum Gasteiger partial charge on any atom is -0.378 e. The van der Waals surface area contributed by atoms with Crippen LogP contribution in [0.15, 0.2) is 30.6 Å². The van der Waals surface area contributed by atoms with Gasteiger partial charge in [-0.05, 0) is 43.2 Å². The molecule has 0 aromatic carbocycles. The zero-order valence-electron chi connectivity index (χ0n) is 15.0. The summed E-state index contributed by atoms with van der Waals surface area (Å²) in [5.41, 5.74) is 5.79. The number of hydrogen-bond acceptors (Lipinski definition) is 5. The van der Waals surface area contributed by atoms with Gasteiger partial charge in [0.1, 0.15) is 6.10 Å². The van der Waals surface area contributed by atoms with Crippen molar-refractivity contribution in [1.82, 2.24) is 14.9 Å². The largest absolute Gasteiger partial charge is 0.378 e. The minimum atomic E-state index is 0.0225. The van der Waals surface area contributed by atoms with Crippen LogP contribution in [0.1, 0.15) is 28.6 Å². The second-order valence-corrected chi connectivity index (χ2v) is 6.68. The first-order chi connectivity index (χ1) is 11.5. The van der Waals surface area contributed by atoms with Crippen molar-refractivity contribution in [1.29, 1.82) is 0 Å². The third-order valence-corrected chi connectivity index (χ3v) is 4.50. The van der Waals surface area contributed by atoms with Gasteiger partial charge in [0, 0.05) is 57.5 Å². The summed E-state index contributed by atoms with van der Waals surface area (Å²) in [5, 5.41) is 0. The van der Waals surface area contributed by atoms with Gasteiger partial charge in [-0.1, -0.05) is 0 Å². The van der Waals surface area contributed by atoms with E-state index >= 15 is 0 Å². The number of rotatable bonds is 4. The Morgan fingerprint density at radius 2 is 2.12 bits per heavy atom. The first-order valence-electron chi connectivity index (χ1n) is 8.42. The molecule has 5 nitrogen and oxygen atoms in total. The van der Waals surface area contributed by atoms with E-state index < -0.39 is 0 Å². The van der Waals surface area contributed by atoms with Crippen LogP contribution in [0, 0.1) is 13.8 Å². The third kappa shape index (κ3) is 3.91. The smallest absolute Gasteiger partial charge is 0.112 e. The molecule has 5 heteroatoms. The van der Waals surface area contributed by atoms with E-state index in [0.29, 0.717) is 0 Å². The molecule has 0 spiro atoms. The molecular formula is C19H26N4O. The molecule has 3 heterocycles. The highest BCUT2D eigenvalue weighted by Crippen LogP contribution is 2.25. The maximum absolute atomic E-state index is 6.01. The molecule has 0 radical (unpaired) electrons. The zero-order valence-corrected chi connectivity index (χ0v) is 15.0. The van der Waals surface area contributed by atoms with Gasteiger partial charge >= 0.3 is 0 Å².